The number of hydrogen-bond donors (Lipinski definition) is 0. The Kier molecular flexibility index (Phi) is 5.31. The maximum absolute atomic E-state index is 15.3. The van der Waals surface area contributed by atoms with E-state index in [1.165, 1.54) is 6.07 Å². The predicted octanol–water partition coefficient (Wildman–Crippen LogP) is 7.32. The SMILES string of the molecule is CC/C=C/C1CCC2c3cc(F)c(-c4cc(F)cc(F)c4)c(F)c3CCC2C1. The van der Waals surface area contributed by atoms with Crippen LogP contribution in [0.2, 0.25) is 0 Å². The summed E-state index contributed by atoms with van der Waals surface area (Å²) in [7, 11) is 0. The Morgan fingerprint density at radius 3 is 2.43 bits per heavy atom. The molecule has 1 fully saturated rings. The second-order valence-electron chi connectivity index (χ2n) is 8.09. The number of allylic oxidation sites excluding steroid dienone is 2. The minimum Gasteiger partial charge on any atom is -0.207 e. The summed E-state index contributed by atoms with van der Waals surface area (Å²) in [5, 5.41) is 0. The average Bonchev–Trinajstić information content (AvgIpc) is 2.65. The first-order chi connectivity index (χ1) is 13.5. The Balaban J connectivity index is 1.70. The summed E-state index contributed by atoms with van der Waals surface area (Å²) in [6.07, 6.45) is 9.92. The highest BCUT2D eigenvalue weighted by molar-refractivity contribution is 5.67. The summed E-state index contributed by atoms with van der Waals surface area (Å²) in [5.41, 5.74) is 0.857. The Hall–Kier alpha value is -2.10. The van der Waals surface area contributed by atoms with Crippen LogP contribution in [0, 0.1) is 35.1 Å². The minimum atomic E-state index is -0.843. The van der Waals surface area contributed by atoms with Crippen molar-refractivity contribution in [1.29, 1.82) is 0 Å². The van der Waals surface area contributed by atoms with Crippen molar-refractivity contribution < 1.29 is 17.6 Å². The van der Waals surface area contributed by atoms with Crippen LogP contribution in [0.15, 0.2) is 36.4 Å². The molecule has 0 heterocycles. The van der Waals surface area contributed by atoms with Gasteiger partial charge in [-0.05, 0) is 91.2 Å². The first kappa shape index (κ1) is 19.2. The van der Waals surface area contributed by atoms with E-state index >= 15 is 4.39 Å². The van der Waals surface area contributed by atoms with Gasteiger partial charge in [0.1, 0.15) is 23.3 Å². The number of halogens is 4. The van der Waals surface area contributed by atoms with Crippen molar-refractivity contribution in [2.45, 2.75) is 51.4 Å². The van der Waals surface area contributed by atoms with E-state index < -0.39 is 23.3 Å². The molecule has 4 heteroatoms. The lowest BCUT2D eigenvalue weighted by Crippen LogP contribution is -2.28. The monoisotopic (exact) mass is 388 g/mol. The third kappa shape index (κ3) is 3.49. The van der Waals surface area contributed by atoms with Crippen LogP contribution in [0.3, 0.4) is 0 Å². The Morgan fingerprint density at radius 1 is 0.964 bits per heavy atom. The molecule has 0 spiro atoms. The summed E-state index contributed by atoms with van der Waals surface area (Å²) in [5.74, 6) is -1.94. The third-order valence-electron chi connectivity index (χ3n) is 6.34. The molecule has 3 atom stereocenters. The fourth-order valence-electron chi connectivity index (χ4n) is 5.09. The fraction of sp³-hybridized carbons (Fsp3) is 0.417. The van der Waals surface area contributed by atoms with Crippen LogP contribution in [0.1, 0.15) is 56.1 Å². The highest BCUT2D eigenvalue weighted by Gasteiger charge is 2.37. The van der Waals surface area contributed by atoms with Gasteiger partial charge in [0, 0.05) is 6.07 Å². The number of hydrogen-bond acceptors (Lipinski definition) is 0. The first-order valence-electron chi connectivity index (χ1n) is 10.1. The van der Waals surface area contributed by atoms with E-state index in [1.807, 2.05) is 0 Å². The van der Waals surface area contributed by atoms with E-state index in [0.717, 1.165) is 49.8 Å². The summed E-state index contributed by atoms with van der Waals surface area (Å²) in [6, 6.07) is 4.07. The van der Waals surface area contributed by atoms with Gasteiger partial charge in [0.2, 0.25) is 0 Å². The van der Waals surface area contributed by atoms with Crippen molar-refractivity contribution in [3.05, 3.63) is 70.8 Å². The number of rotatable bonds is 3. The van der Waals surface area contributed by atoms with Gasteiger partial charge < -0.3 is 0 Å². The molecule has 0 aromatic heterocycles. The van der Waals surface area contributed by atoms with Crippen molar-refractivity contribution in [3.8, 4) is 11.1 Å². The molecule has 0 amide bonds. The van der Waals surface area contributed by atoms with Crippen LogP contribution in [0.4, 0.5) is 17.6 Å². The van der Waals surface area contributed by atoms with E-state index in [2.05, 4.69) is 19.1 Å². The van der Waals surface area contributed by atoms with Gasteiger partial charge >= 0.3 is 0 Å². The van der Waals surface area contributed by atoms with E-state index in [9.17, 15) is 13.2 Å². The lowest BCUT2D eigenvalue weighted by atomic mass is 9.65. The van der Waals surface area contributed by atoms with Gasteiger partial charge in [0.15, 0.2) is 0 Å². The maximum Gasteiger partial charge on any atom is 0.137 e. The fourth-order valence-corrected chi connectivity index (χ4v) is 5.09. The molecule has 2 aromatic carbocycles. The molecule has 148 valence electrons. The second-order valence-corrected chi connectivity index (χ2v) is 8.09. The molecule has 2 aliphatic carbocycles. The van der Waals surface area contributed by atoms with Crippen LogP contribution in [0.5, 0.6) is 0 Å². The molecule has 0 nitrogen and oxygen atoms in total. The molecular weight excluding hydrogens is 364 g/mol. The quantitative estimate of drug-likeness (QED) is 0.382. The first-order valence-corrected chi connectivity index (χ1v) is 10.1. The normalized spacial score (nSPS) is 24.2. The van der Waals surface area contributed by atoms with Crippen molar-refractivity contribution >= 4 is 0 Å². The molecular formula is C24H24F4. The number of fused-ring (bicyclic) bond motifs is 3. The molecule has 4 rings (SSSR count). The number of benzene rings is 2. The van der Waals surface area contributed by atoms with Crippen molar-refractivity contribution in [2.24, 2.45) is 11.8 Å². The lowest BCUT2D eigenvalue weighted by molar-refractivity contribution is 0.234. The van der Waals surface area contributed by atoms with E-state index in [1.54, 1.807) is 0 Å². The molecule has 0 aliphatic heterocycles. The molecule has 2 aromatic rings. The van der Waals surface area contributed by atoms with Gasteiger partial charge in [0.25, 0.3) is 0 Å². The highest BCUT2D eigenvalue weighted by Crippen LogP contribution is 2.49. The molecule has 28 heavy (non-hydrogen) atoms. The molecule has 0 radical (unpaired) electrons. The van der Waals surface area contributed by atoms with Crippen molar-refractivity contribution in [2.75, 3.05) is 0 Å². The second kappa shape index (κ2) is 7.73. The van der Waals surface area contributed by atoms with Gasteiger partial charge in [-0.2, -0.15) is 0 Å². The maximum atomic E-state index is 15.3. The van der Waals surface area contributed by atoms with Crippen molar-refractivity contribution in [3.63, 3.8) is 0 Å². The molecule has 1 saturated carbocycles. The Morgan fingerprint density at radius 2 is 1.71 bits per heavy atom. The van der Waals surface area contributed by atoms with Gasteiger partial charge in [0.05, 0.1) is 5.56 Å². The zero-order chi connectivity index (χ0) is 19.8. The van der Waals surface area contributed by atoms with E-state index in [-0.39, 0.29) is 17.0 Å². The molecule has 0 saturated heterocycles. The van der Waals surface area contributed by atoms with Gasteiger partial charge in [-0.15, -0.1) is 0 Å². The lowest BCUT2D eigenvalue weighted by Gasteiger charge is -2.40. The summed E-state index contributed by atoms with van der Waals surface area (Å²) >= 11 is 0. The largest absolute Gasteiger partial charge is 0.207 e. The Labute approximate surface area is 163 Å². The molecule has 0 bridgehead atoms. The van der Waals surface area contributed by atoms with Crippen LogP contribution in [-0.4, -0.2) is 0 Å². The van der Waals surface area contributed by atoms with Gasteiger partial charge in [-0.25, -0.2) is 17.6 Å². The highest BCUT2D eigenvalue weighted by atomic mass is 19.1. The zero-order valence-electron chi connectivity index (χ0n) is 16.0. The summed E-state index contributed by atoms with van der Waals surface area (Å²) in [4.78, 5) is 0. The third-order valence-corrected chi connectivity index (χ3v) is 6.34. The molecule has 3 unspecified atom stereocenters. The topological polar surface area (TPSA) is 0 Å². The zero-order valence-corrected chi connectivity index (χ0v) is 16.0. The smallest absolute Gasteiger partial charge is 0.137 e. The van der Waals surface area contributed by atoms with Crippen LogP contribution in [-0.2, 0) is 6.42 Å². The van der Waals surface area contributed by atoms with E-state index in [4.69, 9.17) is 0 Å². The molecule has 2 aliphatic rings. The summed E-state index contributed by atoms with van der Waals surface area (Å²) < 4.78 is 57.3. The van der Waals surface area contributed by atoms with Crippen LogP contribution >= 0.6 is 0 Å². The average molecular weight is 388 g/mol. The van der Waals surface area contributed by atoms with Crippen molar-refractivity contribution in [1.82, 2.24) is 0 Å². The standard InChI is InChI=1S/C24H24F4/c1-2-3-4-14-5-7-19-15(9-14)6-8-20-21(19)13-22(27)23(24(20)28)16-10-17(25)12-18(26)11-16/h3-4,10-15,19H,2,5-9H2,1H3/b4-3+. The molecule has 0 N–H and O–H groups in total. The summed E-state index contributed by atoms with van der Waals surface area (Å²) in [6.45, 7) is 2.12. The van der Waals surface area contributed by atoms with Gasteiger partial charge in [-0.1, -0.05) is 19.1 Å². The van der Waals surface area contributed by atoms with Crippen LogP contribution in [0.25, 0.3) is 11.1 Å². The minimum absolute atomic E-state index is 0.0918. The Bertz CT molecular complexity index is 895. The predicted molar refractivity (Wildman–Crippen MR) is 103 cm³/mol. The van der Waals surface area contributed by atoms with Gasteiger partial charge in [-0.3, -0.25) is 0 Å². The van der Waals surface area contributed by atoms with E-state index in [0.29, 0.717) is 29.9 Å². The van der Waals surface area contributed by atoms with Crippen LogP contribution < -0.4 is 0 Å².